The van der Waals surface area contributed by atoms with Crippen molar-refractivity contribution in [3.05, 3.63) is 5.82 Å². The molecule has 2 N–H and O–H groups in total. The average molecular weight is 258 g/mol. The van der Waals surface area contributed by atoms with Crippen molar-refractivity contribution in [2.24, 2.45) is 5.73 Å². The molecule has 0 aliphatic rings. The van der Waals surface area contributed by atoms with Crippen molar-refractivity contribution < 1.29 is 9.53 Å². The maximum Gasteiger partial charge on any atom is 0.316 e. The first-order chi connectivity index (χ1) is 8.22. The van der Waals surface area contributed by atoms with Gasteiger partial charge in [-0.05, 0) is 13.3 Å². The molecule has 0 spiro atoms. The van der Waals surface area contributed by atoms with Crippen LogP contribution in [0.3, 0.4) is 0 Å². The van der Waals surface area contributed by atoms with Crippen LogP contribution in [0.25, 0.3) is 0 Å². The van der Waals surface area contributed by atoms with Gasteiger partial charge in [0.25, 0.3) is 0 Å². The van der Waals surface area contributed by atoms with E-state index >= 15 is 0 Å². The Bertz CT molecular complexity index is 367. The fourth-order valence-electron chi connectivity index (χ4n) is 1.35. The number of rotatable bonds is 7. The van der Waals surface area contributed by atoms with Gasteiger partial charge in [0.15, 0.2) is 5.16 Å². The van der Waals surface area contributed by atoms with Gasteiger partial charge in [-0.2, -0.15) is 0 Å². The van der Waals surface area contributed by atoms with Crippen LogP contribution in [0.2, 0.25) is 0 Å². The van der Waals surface area contributed by atoms with Crippen LogP contribution >= 0.6 is 11.8 Å². The fraction of sp³-hybridized carbons (Fsp3) is 0.700. The molecule has 0 bridgehead atoms. The van der Waals surface area contributed by atoms with Gasteiger partial charge in [0.1, 0.15) is 5.82 Å². The first-order valence-corrected chi connectivity index (χ1v) is 6.62. The van der Waals surface area contributed by atoms with Crippen molar-refractivity contribution >= 4 is 17.7 Å². The highest BCUT2D eigenvalue weighted by Crippen LogP contribution is 2.17. The lowest BCUT2D eigenvalue weighted by Gasteiger charge is -2.07. The highest BCUT2D eigenvalue weighted by Gasteiger charge is 2.12. The van der Waals surface area contributed by atoms with E-state index in [2.05, 4.69) is 17.1 Å². The Morgan fingerprint density at radius 3 is 2.82 bits per heavy atom. The maximum atomic E-state index is 11.2. The van der Waals surface area contributed by atoms with Crippen LogP contribution in [0.4, 0.5) is 0 Å². The van der Waals surface area contributed by atoms with E-state index in [0.29, 0.717) is 13.2 Å². The van der Waals surface area contributed by atoms with Gasteiger partial charge in [0.05, 0.1) is 18.9 Å². The third-order valence-corrected chi connectivity index (χ3v) is 2.99. The van der Waals surface area contributed by atoms with Gasteiger partial charge in [-0.15, -0.1) is 10.2 Å². The van der Waals surface area contributed by atoms with Crippen LogP contribution in [0.5, 0.6) is 0 Å². The minimum Gasteiger partial charge on any atom is -0.465 e. The summed E-state index contributed by atoms with van der Waals surface area (Å²) in [6.07, 6.45) is 0.970. The van der Waals surface area contributed by atoms with Crippen LogP contribution in [0, 0.1) is 0 Å². The van der Waals surface area contributed by atoms with Crippen LogP contribution in [-0.4, -0.2) is 33.1 Å². The van der Waals surface area contributed by atoms with Crippen molar-refractivity contribution in [3.8, 4) is 0 Å². The summed E-state index contributed by atoms with van der Waals surface area (Å²) in [6, 6.07) is 0. The molecule has 0 aromatic carbocycles. The van der Waals surface area contributed by atoms with E-state index in [1.54, 1.807) is 6.92 Å². The van der Waals surface area contributed by atoms with Gasteiger partial charge in [-0.3, -0.25) is 4.79 Å². The number of aromatic nitrogens is 3. The van der Waals surface area contributed by atoms with Gasteiger partial charge < -0.3 is 15.0 Å². The van der Waals surface area contributed by atoms with Crippen molar-refractivity contribution in [2.75, 3.05) is 12.4 Å². The number of esters is 1. The molecular formula is C10H18N4O2S. The van der Waals surface area contributed by atoms with Crippen molar-refractivity contribution in [2.45, 2.75) is 38.5 Å². The summed E-state index contributed by atoms with van der Waals surface area (Å²) in [6.45, 7) is 5.42. The standard InChI is InChI=1S/C10H18N4O2S/c1-3-5-14-8(6-11)12-13-10(14)17-7-9(15)16-4-2/h3-7,11H2,1-2H3. The molecule has 0 saturated heterocycles. The van der Waals surface area contributed by atoms with E-state index < -0.39 is 0 Å². The molecular weight excluding hydrogens is 240 g/mol. The van der Waals surface area contributed by atoms with Gasteiger partial charge in [-0.25, -0.2) is 0 Å². The minimum absolute atomic E-state index is 0.238. The maximum absolute atomic E-state index is 11.2. The second-order valence-electron chi connectivity index (χ2n) is 3.35. The van der Waals surface area contributed by atoms with Crippen LogP contribution in [0.15, 0.2) is 5.16 Å². The number of ether oxygens (including phenoxy) is 1. The van der Waals surface area contributed by atoms with E-state index in [0.717, 1.165) is 23.9 Å². The number of hydrogen-bond donors (Lipinski definition) is 1. The molecule has 0 radical (unpaired) electrons. The predicted octanol–water partition coefficient (Wildman–Crippen LogP) is 0.802. The van der Waals surface area contributed by atoms with Crippen LogP contribution < -0.4 is 5.73 Å². The lowest BCUT2D eigenvalue weighted by Crippen LogP contribution is -2.11. The molecule has 96 valence electrons. The lowest BCUT2D eigenvalue weighted by atomic mass is 10.4. The molecule has 1 aromatic rings. The summed E-state index contributed by atoms with van der Waals surface area (Å²) < 4.78 is 6.80. The Morgan fingerprint density at radius 2 is 2.24 bits per heavy atom. The largest absolute Gasteiger partial charge is 0.465 e. The van der Waals surface area contributed by atoms with E-state index in [-0.39, 0.29) is 11.7 Å². The SMILES string of the molecule is CCCn1c(CN)nnc1SCC(=O)OCC. The lowest BCUT2D eigenvalue weighted by molar-refractivity contribution is -0.139. The molecule has 0 aliphatic carbocycles. The summed E-state index contributed by atoms with van der Waals surface area (Å²) in [4.78, 5) is 11.2. The molecule has 0 fully saturated rings. The molecule has 0 aliphatic heterocycles. The number of carbonyl (C=O) groups excluding carboxylic acids is 1. The number of carbonyl (C=O) groups is 1. The molecule has 7 heteroatoms. The number of thioether (sulfide) groups is 1. The summed E-state index contributed by atoms with van der Waals surface area (Å²) in [5.41, 5.74) is 5.57. The van der Waals surface area contributed by atoms with Crippen molar-refractivity contribution in [3.63, 3.8) is 0 Å². The molecule has 0 atom stereocenters. The highest BCUT2D eigenvalue weighted by molar-refractivity contribution is 7.99. The van der Waals surface area contributed by atoms with Gasteiger partial charge in [-0.1, -0.05) is 18.7 Å². The summed E-state index contributed by atoms with van der Waals surface area (Å²) >= 11 is 1.33. The van der Waals surface area contributed by atoms with Crippen LogP contribution in [0.1, 0.15) is 26.1 Å². The monoisotopic (exact) mass is 258 g/mol. The molecule has 1 rings (SSSR count). The second kappa shape index (κ2) is 7.29. The van der Waals surface area contributed by atoms with E-state index in [4.69, 9.17) is 10.5 Å². The summed E-state index contributed by atoms with van der Waals surface area (Å²) in [5.74, 6) is 0.760. The molecule has 17 heavy (non-hydrogen) atoms. The quantitative estimate of drug-likeness (QED) is 0.575. The highest BCUT2D eigenvalue weighted by atomic mass is 32.2. The van der Waals surface area contributed by atoms with E-state index in [1.165, 1.54) is 11.8 Å². The Morgan fingerprint density at radius 1 is 1.47 bits per heavy atom. The normalized spacial score (nSPS) is 10.5. The topological polar surface area (TPSA) is 83.0 Å². The number of hydrogen-bond acceptors (Lipinski definition) is 6. The first-order valence-electron chi connectivity index (χ1n) is 5.63. The second-order valence-corrected chi connectivity index (χ2v) is 4.29. The molecule has 0 saturated carbocycles. The van der Waals surface area contributed by atoms with Crippen molar-refractivity contribution in [1.29, 1.82) is 0 Å². The zero-order chi connectivity index (χ0) is 12.7. The first kappa shape index (κ1) is 14.0. The molecule has 0 amide bonds. The zero-order valence-electron chi connectivity index (χ0n) is 10.2. The molecule has 0 unspecified atom stereocenters. The summed E-state index contributed by atoms with van der Waals surface area (Å²) in [7, 11) is 0. The van der Waals surface area contributed by atoms with E-state index in [9.17, 15) is 4.79 Å². The van der Waals surface area contributed by atoms with Crippen molar-refractivity contribution in [1.82, 2.24) is 14.8 Å². The number of nitrogens with two attached hydrogens (primary N) is 1. The Labute approximate surface area is 105 Å². The van der Waals surface area contributed by atoms with E-state index in [1.807, 2.05) is 4.57 Å². The zero-order valence-corrected chi connectivity index (χ0v) is 11.0. The van der Waals surface area contributed by atoms with Crippen LogP contribution in [-0.2, 0) is 22.6 Å². The Balaban J connectivity index is 2.63. The Kier molecular flexibility index (Phi) is 5.99. The third-order valence-electron chi connectivity index (χ3n) is 2.05. The predicted molar refractivity (Wildman–Crippen MR) is 65.6 cm³/mol. The fourth-order valence-corrected chi connectivity index (χ4v) is 2.13. The summed E-state index contributed by atoms with van der Waals surface area (Å²) in [5, 5.41) is 8.74. The number of nitrogens with zero attached hydrogens (tertiary/aromatic N) is 3. The smallest absolute Gasteiger partial charge is 0.316 e. The minimum atomic E-state index is -0.238. The van der Waals surface area contributed by atoms with Gasteiger partial charge in [0.2, 0.25) is 0 Å². The third kappa shape index (κ3) is 4.01. The molecule has 6 nitrogen and oxygen atoms in total. The average Bonchev–Trinajstić information content (AvgIpc) is 2.70. The van der Waals surface area contributed by atoms with Gasteiger partial charge in [0, 0.05) is 6.54 Å². The molecule has 1 heterocycles. The van der Waals surface area contributed by atoms with Gasteiger partial charge >= 0.3 is 5.97 Å². The molecule has 1 aromatic heterocycles. The Hall–Kier alpha value is -1.08.